The molecule has 0 aromatic carbocycles. The Hall–Kier alpha value is -1.93. The van der Waals surface area contributed by atoms with Crippen LogP contribution in [0, 0.1) is 0 Å². The Morgan fingerprint density at radius 2 is 2.07 bits per heavy atom. The van der Waals surface area contributed by atoms with Gasteiger partial charge >= 0.3 is 0 Å². The molecule has 0 aliphatic carbocycles. The van der Waals surface area contributed by atoms with Gasteiger partial charge in [0.25, 0.3) is 5.91 Å². The van der Waals surface area contributed by atoms with Crippen molar-refractivity contribution in [2.45, 2.75) is 44.7 Å². The average molecular weight is 377 g/mol. The van der Waals surface area contributed by atoms with Gasteiger partial charge in [-0.1, -0.05) is 0 Å². The van der Waals surface area contributed by atoms with E-state index in [1.165, 1.54) is 0 Å². The zero-order valence-corrected chi connectivity index (χ0v) is 16.4. The van der Waals surface area contributed by atoms with Crippen LogP contribution in [0.1, 0.15) is 43.0 Å². The maximum atomic E-state index is 12.3. The molecule has 0 bridgehead atoms. The fourth-order valence-electron chi connectivity index (χ4n) is 4.13. The molecule has 2 aliphatic heterocycles. The topological polar surface area (TPSA) is 79.7 Å². The normalized spacial score (nSPS) is 21.4. The van der Waals surface area contributed by atoms with Gasteiger partial charge < -0.3 is 15.0 Å². The van der Waals surface area contributed by atoms with Crippen molar-refractivity contribution in [3.05, 3.63) is 18.0 Å². The summed E-state index contributed by atoms with van der Waals surface area (Å²) in [6.07, 6.45) is 7.44. The van der Waals surface area contributed by atoms with Crippen LogP contribution in [0.3, 0.4) is 0 Å². The van der Waals surface area contributed by atoms with Gasteiger partial charge in [0, 0.05) is 71.6 Å². The zero-order chi connectivity index (χ0) is 19.2. The van der Waals surface area contributed by atoms with Gasteiger partial charge in [-0.15, -0.1) is 0 Å². The van der Waals surface area contributed by atoms with Gasteiger partial charge in [-0.2, -0.15) is 5.10 Å². The number of carbonyl (C=O) groups excluding carboxylic acids is 2. The standard InChI is InChI=1S/C19H31N5O3/c1-15(25)23-8-3-4-18(14-23)24(17-5-10-27-11-6-17)9-7-20-19(26)16-12-21-22(2)13-16/h12-13,17-18H,3-11,14H2,1-2H3,(H,20,26). The molecule has 150 valence electrons. The highest BCUT2D eigenvalue weighted by Gasteiger charge is 2.31. The maximum Gasteiger partial charge on any atom is 0.254 e. The molecule has 2 aliphatic rings. The van der Waals surface area contributed by atoms with Crippen molar-refractivity contribution in [2.75, 3.05) is 39.4 Å². The highest BCUT2D eigenvalue weighted by atomic mass is 16.5. The summed E-state index contributed by atoms with van der Waals surface area (Å²) in [7, 11) is 1.80. The van der Waals surface area contributed by atoms with Crippen molar-refractivity contribution in [3.8, 4) is 0 Å². The molecule has 0 radical (unpaired) electrons. The third-order valence-corrected chi connectivity index (χ3v) is 5.59. The second-order valence-electron chi connectivity index (χ2n) is 7.50. The third kappa shape index (κ3) is 5.29. The number of rotatable bonds is 6. The molecule has 8 nitrogen and oxygen atoms in total. The second kappa shape index (κ2) is 9.32. The number of ether oxygens (including phenoxy) is 1. The summed E-state index contributed by atoms with van der Waals surface area (Å²) < 4.78 is 7.16. The van der Waals surface area contributed by atoms with Crippen LogP contribution in [0.5, 0.6) is 0 Å². The Morgan fingerprint density at radius 3 is 2.74 bits per heavy atom. The lowest BCUT2D eigenvalue weighted by Gasteiger charge is -2.44. The van der Waals surface area contributed by atoms with Crippen molar-refractivity contribution in [2.24, 2.45) is 7.05 Å². The van der Waals surface area contributed by atoms with Crippen molar-refractivity contribution >= 4 is 11.8 Å². The molecule has 2 saturated heterocycles. The number of aromatic nitrogens is 2. The van der Waals surface area contributed by atoms with E-state index in [9.17, 15) is 9.59 Å². The molecule has 2 amide bonds. The molecule has 0 spiro atoms. The van der Waals surface area contributed by atoms with Crippen molar-refractivity contribution < 1.29 is 14.3 Å². The Morgan fingerprint density at radius 1 is 1.30 bits per heavy atom. The van der Waals surface area contributed by atoms with Gasteiger partial charge in [0.1, 0.15) is 0 Å². The van der Waals surface area contributed by atoms with Crippen molar-refractivity contribution in [1.29, 1.82) is 0 Å². The first-order valence-electron chi connectivity index (χ1n) is 9.90. The molecular weight excluding hydrogens is 346 g/mol. The minimum absolute atomic E-state index is 0.0935. The van der Waals surface area contributed by atoms with Crippen LogP contribution < -0.4 is 5.32 Å². The van der Waals surface area contributed by atoms with Crippen molar-refractivity contribution in [1.82, 2.24) is 24.9 Å². The second-order valence-corrected chi connectivity index (χ2v) is 7.50. The predicted octanol–water partition coefficient (Wildman–Crippen LogP) is 0.642. The summed E-state index contributed by atoms with van der Waals surface area (Å²) in [5.74, 6) is 0.0561. The molecule has 3 heterocycles. The van der Waals surface area contributed by atoms with E-state index in [1.807, 2.05) is 4.90 Å². The molecule has 8 heteroatoms. The minimum atomic E-state index is -0.0935. The largest absolute Gasteiger partial charge is 0.381 e. The van der Waals surface area contributed by atoms with E-state index >= 15 is 0 Å². The number of nitrogens with zero attached hydrogens (tertiary/aromatic N) is 4. The van der Waals surface area contributed by atoms with E-state index in [0.717, 1.165) is 58.5 Å². The molecule has 1 atom stereocenters. The van der Waals surface area contributed by atoms with E-state index < -0.39 is 0 Å². The van der Waals surface area contributed by atoms with Crippen molar-refractivity contribution in [3.63, 3.8) is 0 Å². The number of aryl methyl sites for hydroxylation is 1. The maximum absolute atomic E-state index is 12.3. The first-order valence-corrected chi connectivity index (χ1v) is 9.90. The first kappa shape index (κ1) is 19.8. The average Bonchev–Trinajstić information content (AvgIpc) is 3.12. The van der Waals surface area contributed by atoms with Gasteiger partial charge in [0.2, 0.25) is 5.91 Å². The number of nitrogens with one attached hydrogen (secondary N) is 1. The van der Waals surface area contributed by atoms with Gasteiger partial charge in [0.05, 0.1) is 11.8 Å². The zero-order valence-electron chi connectivity index (χ0n) is 16.4. The summed E-state index contributed by atoms with van der Waals surface area (Å²) in [5.41, 5.74) is 0.579. The molecule has 3 rings (SSSR count). The molecule has 2 fully saturated rings. The number of carbonyl (C=O) groups is 2. The Kier molecular flexibility index (Phi) is 6.84. The number of hydrogen-bond acceptors (Lipinski definition) is 5. The van der Waals surface area contributed by atoms with Crippen LogP contribution in [0.25, 0.3) is 0 Å². The van der Waals surface area contributed by atoms with Crippen LogP contribution in [-0.4, -0.2) is 82.9 Å². The van der Waals surface area contributed by atoms with E-state index in [-0.39, 0.29) is 11.8 Å². The lowest BCUT2D eigenvalue weighted by molar-refractivity contribution is -0.131. The summed E-state index contributed by atoms with van der Waals surface area (Å²) in [5, 5.41) is 7.06. The molecule has 1 N–H and O–H groups in total. The monoisotopic (exact) mass is 377 g/mol. The quantitative estimate of drug-likeness (QED) is 0.787. The highest BCUT2D eigenvalue weighted by Crippen LogP contribution is 2.23. The molecule has 0 saturated carbocycles. The van der Waals surface area contributed by atoms with Crippen LogP contribution in [0.2, 0.25) is 0 Å². The molecule has 1 aromatic rings. The van der Waals surface area contributed by atoms with E-state index in [2.05, 4.69) is 15.3 Å². The number of amides is 2. The smallest absolute Gasteiger partial charge is 0.254 e. The summed E-state index contributed by atoms with van der Waals surface area (Å²) >= 11 is 0. The molecular formula is C19H31N5O3. The van der Waals surface area contributed by atoms with Gasteiger partial charge in [-0.25, -0.2) is 0 Å². The number of piperidine rings is 1. The lowest BCUT2D eigenvalue weighted by atomic mass is 9.98. The summed E-state index contributed by atoms with van der Waals surface area (Å²) in [4.78, 5) is 28.6. The van der Waals surface area contributed by atoms with Gasteiger partial charge in [-0.05, 0) is 25.7 Å². The summed E-state index contributed by atoms with van der Waals surface area (Å²) in [6.45, 7) is 6.22. The minimum Gasteiger partial charge on any atom is -0.381 e. The van der Waals surface area contributed by atoms with Gasteiger partial charge in [0.15, 0.2) is 0 Å². The van der Waals surface area contributed by atoms with Crippen LogP contribution in [0.15, 0.2) is 12.4 Å². The Labute approximate surface area is 160 Å². The van der Waals surface area contributed by atoms with E-state index in [1.54, 1.807) is 31.0 Å². The Balaban J connectivity index is 1.59. The van der Waals surface area contributed by atoms with Gasteiger partial charge in [-0.3, -0.25) is 19.2 Å². The number of hydrogen-bond donors (Lipinski definition) is 1. The Bertz CT molecular complexity index is 641. The summed E-state index contributed by atoms with van der Waals surface area (Å²) in [6, 6.07) is 0.798. The fraction of sp³-hybridized carbons (Fsp3) is 0.737. The first-order chi connectivity index (χ1) is 13.0. The SMILES string of the molecule is CC(=O)N1CCCC(N(CCNC(=O)c2cnn(C)c2)C2CCOCC2)C1. The highest BCUT2D eigenvalue weighted by molar-refractivity contribution is 5.93. The molecule has 1 aromatic heterocycles. The third-order valence-electron chi connectivity index (χ3n) is 5.59. The fourth-order valence-corrected chi connectivity index (χ4v) is 4.13. The van der Waals surface area contributed by atoms with Crippen LogP contribution >= 0.6 is 0 Å². The molecule has 27 heavy (non-hydrogen) atoms. The lowest BCUT2D eigenvalue weighted by Crippen LogP contribution is -2.55. The van der Waals surface area contributed by atoms with E-state index in [0.29, 0.717) is 24.2 Å². The predicted molar refractivity (Wildman–Crippen MR) is 101 cm³/mol. The number of likely N-dealkylation sites (tertiary alicyclic amines) is 1. The van der Waals surface area contributed by atoms with Crippen LogP contribution in [0.4, 0.5) is 0 Å². The molecule has 1 unspecified atom stereocenters. The van der Waals surface area contributed by atoms with Crippen LogP contribution in [-0.2, 0) is 16.6 Å². The van der Waals surface area contributed by atoms with E-state index in [4.69, 9.17) is 4.74 Å².